The Labute approximate surface area is 91.2 Å². The van der Waals surface area contributed by atoms with E-state index in [9.17, 15) is 13.6 Å². The lowest BCUT2D eigenvalue weighted by Crippen LogP contribution is -2.34. The minimum atomic E-state index is -1.03. The smallest absolute Gasteiger partial charge is 0.322 e. The number of hydrogen-bond acceptors (Lipinski definition) is 4. The molecule has 0 saturated carbocycles. The lowest BCUT2D eigenvalue weighted by atomic mass is 10.1. The highest BCUT2D eigenvalue weighted by Gasteiger charge is 2.17. The second kappa shape index (κ2) is 4.89. The number of esters is 1. The molecule has 1 aromatic carbocycles. The molecule has 0 amide bonds. The summed E-state index contributed by atoms with van der Waals surface area (Å²) in [6.07, 6.45) is -0.143. The summed E-state index contributed by atoms with van der Waals surface area (Å²) < 4.78 is 30.7. The van der Waals surface area contributed by atoms with Crippen LogP contribution in [0, 0.1) is 11.6 Å². The maximum Gasteiger partial charge on any atom is 0.322 e. The first-order chi connectivity index (χ1) is 7.45. The van der Waals surface area contributed by atoms with Crippen molar-refractivity contribution in [1.29, 1.82) is 0 Å². The van der Waals surface area contributed by atoms with Gasteiger partial charge in [0.1, 0.15) is 17.7 Å². The van der Waals surface area contributed by atoms with Gasteiger partial charge in [-0.05, 0) is 11.6 Å². The highest BCUT2D eigenvalue weighted by molar-refractivity contribution is 5.75. The second-order valence-electron chi connectivity index (χ2n) is 3.30. The Hall–Kier alpha value is -1.69. The van der Waals surface area contributed by atoms with Gasteiger partial charge in [-0.2, -0.15) is 0 Å². The van der Waals surface area contributed by atoms with Crippen molar-refractivity contribution in [2.24, 2.45) is 5.73 Å². The number of halogens is 2. The van der Waals surface area contributed by atoms with Gasteiger partial charge in [0.25, 0.3) is 0 Å². The summed E-state index contributed by atoms with van der Waals surface area (Å²) in [5.74, 6) is -2.12. The Bertz CT molecular complexity index is 410. The van der Waals surface area contributed by atoms with Gasteiger partial charge in [-0.15, -0.1) is 0 Å². The van der Waals surface area contributed by atoms with E-state index in [0.29, 0.717) is 0 Å². The summed E-state index contributed by atoms with van der Waals surface area (Å²) in [5, 5.41) is 0. The molecule has 0 aliphatic carbocycles. The summed E-state index contributed by atoms with van der Waals surface area (Å²) in [6, 6.07) is 0.754. The fraction of sp³-hybridized carbons (Fsp3) is 0.300. The summed E-state index contributed by atoms with van der Waals surface area (Å²) in [4.78, 5) is 11.0. The third-order valence-electron chi connectivity index (χ3n) is 2.11. The monoisotopic (exact) mass is 230 g/mol. The van der Waals surface area contributed by atoms with Gasteiger partial charge in [-0.25, -0.2) is 8.78 Å². The van der Waals surface area contributed by atoms with Crippen molar-refractivity contribution < 1.29 is 18.3 Å². The molecule has 0 aliphatic heterocycles. The summed E-state index contributed by atoms with van der Waals surface area (Å²) >= 11 is 0. The van der Waals surface area contributed by atoms with E-state index in [0.717, 1.165) is 12.1 Å². The molecule has 88 valence electrons. The van der Waals surface area contributed by atoms with Crippen molar-refractivity contribution in [1.82, 2.24) is 0 Å². The summed E-state index contributed by atoms with van der Waals surface area (Å²) in [7, 11) is 1.17. The van der Waals surface area contributed by atoms with E-state index in [2.05, 4.69) is 4.74 Å². The van der Waals surface area contributed by atoms with Crippen LogP contribution in [0.15, 0.2) is 12.1 Å². The predicted molar refractivity (Wildman–Crippen MR) is 54.5 cm³/mol. The average Bonchev–Trinajstić information content (AvgIpc) is 2.24. The van der Waals surface area contributed by atoms with E-state index in [1.54, 1.807) is 0 Å². The minimum Gasteiger partial charge on any atom is -0.468 e. The van der Waals surface area contributed by atoms with E-state index >= 15 is 0 Å². The zero-order valence-electron chi connectivity index (χ0n) is 8.67. The average molecular weight is 230 g/mol. The molecule has 0 bridgehead atoms. The first kappa shape index (κ1) is 12.4. The van der Waals surface area contributed by atoms with Gasteiger partial charge < -0.3 is 16.2 Å². The third-order valence-corrected chi connectivity index (χ3v) is 2.11. The summed E-state index contributed by atoms with van der Waals surface area (Å²) in [5.41, 5.74) is 10.3. The highest BCUT2D eigenvalue weighted by Crippen LogP contribution is 2.17. The highest BCUT2D eigenvalue weighted by atomic mass is 19.1. The summed E-state index contributed by atoms with van der Waals surface area (Å²) in [6.45, 7) is 0. The maximum atomic E-state index is 13.3. The quantitative estimate of drug-likeness (QED) is 0.588. The zero-order valence-corrected chi connectivity index (χ0v) is 8.67. The lowest BCUT2D eigenvalue weighted by molar-refractivity contribution is -0.142. The van der Waals surface area contributed by atoms with E-state index in [1.807, 2.05) is 0 Å². The van der Waals surface area contributed by atoms with Gasteiger partial charge in [0, 0.05) is 12.5 Å². The van der Waals surface area contributed by atoms with Crippen LogP contribution in [0.2, 0.25) is 0 Å². The number of benzene rings is 1. The number of nitrogen functional groups attached to an aromatic ring is 1. The second-order valence-corrected chi connectivity index (χ2v) is 3.30. The molecule has 0 spiro atoms. The molecule has 0 aliphatic rings. The Morgan fingerprint density at radius 1 is 1.44 bits per heavy atom. The van der Waals surface area contributed by atoms with Crippen LogP contribution in [0.5, 0.6) is 0 Å². The number of anilines is 1. The number of methoxy groups -OCH3 is 1. The Kier molecular flexibility index (Phi) is 3.78. The van der Waals surface area contributed by atoms with Crippen LogP contribution in [0.4, 0.5) is 14.5 Å². The first-order valence-electron chi connectivity index (χ1n) is 4.52. The largest absolute Gasteiger partial charge is 0.468 e. The third kappa shape index (κ3) is 2.66. The maximum absolute atomic E-state index is 13.3. The van der Waals surface area contributed by atoms with Crippen LogP contribution in [0.1, 0.15) is 5.56 Å². The fourth-order valence-electron chi connectivity index (χ4n) is 1.23. The SMILES string of the molecule is COC(=O)[C@H](N)Cc1cc(F)c(N)cc1F. The molecule has 4 nitrogen and oxygen atoms in total. The zero-order chi connectivity index (χ0) is 12.3. The molecule has 1 aromatic rings. The number of nitrogens with two attached hydrogens (primary N) is 2. The van der Waals surface area contributed by atoms with E-state index in [1.165, 1.54) is 7.11 Å². The number of hydrogen-bond donors (Lipinski definition) is 2. The fourth-order valence-corrected chi connectivity index (χ4v) is 1.23. The molecule has 0 unspecified atom stereocenters. The lowest BCUT2D eigenvalue weighted by Gasteiger charge is -2.10. The molecule has 6 heteroatoms. The molecule has 0 heterocycles. The van der Waals surface area contributed by atoms with E-state index < -0.39 is 23.6 Å². The predicted octanol–water partition coefficient (Wildman–Crippen LogP) is 0.590. The van der Waals surface area contributed by atoms with Crippen LogP contribution < -0.4 is 11.5 Å². The molecule has 16 heavy (non-hydrogen) atoms. The van der Waals surface area contributed by atoms with Gasteiger partial charge in [0.05, 0.1) is 12.8 Å². The number of rotatable bonds is 3. The van der Waals surface area contributed by atoms with Crippen LogP contribution in [-0.2, 0) is 16.0 Å². The molecule has 4 N–H and O–H groups in total. The molecule has 0 radical (unpaired) electrons. The van der Waals surface area contributed by atoms with Crippen molar-refractivity contribution in [3.05, 3.63) is 29.3 Å². The van der Waals surface area contributed by atoms with Crippen LogP contribution >= 0.6 is 0 Å². The van der Waals surface area contributed by atoms with Crippen LogP contribution in [0.25, 0.3) is 0 Å². The van der Waals surface area contributed by atoms with Crippen molar-refractivity contribution >= 4 is 11.7 Å². The topological polar surface area (TPSA) is 78.3 Å². The molecule has 1 rings (SSSR count). The standard InChI is InChI=1S/C10H12F2N2O2/c1-16-10(15)9(14)3-5-2-7(12)8(13)4-6(5)11/h2,4,9H,3,13-14H2,1H3/t9-/m1/s1. The molecular formula is C10H12F2N2O2. The molecule has 0 fully saturated rings. The first-order valence-corrected chi connectivity index (χ1v) is 4.52. The molecule has 0 aromatic heterocycles. The molecular weight excluding hydrogens is 218 g/mol. The van der Waals surface area contributed by atoms with Gasteiger partial charge in [0.15, 0.2) is 0 Å². The van der Waals surface area contributed by atoms with E-state index in [-0.39, 0.29) is 17.7 Å². The Morgan fingerprint density at radius 3 is 2.62 bits per heavy atom. The Morgan fingerprint density at radius 2 is 2.06 bits per heavy atom. The van der Waals surface area contributed by atoms with Crippen molar-refractivity contribution in [2.75, 3.05) is 12.8 Å². The van der Waals surface area contributed by atoms with Crippen LogP contribution in [-0.4, -0.2) is 19.1 Å². The minimum absolute atomic E-state index is 0.00963. The number of carbonyl (C=O) groups is 1. The normalized spacial score (nSPS) is 12.2. The van der Waals surface area contributed by atoms with Crippen molar-refractivity contribution in [3.8, 4) is 0 Å². The number of carbonyl (C=O) groups excluding carboxylic acids is 1. The van der Waals surface area contributed by atoms with Crippen LogP contribution in [0.3, 0.4) is 0 Å². The van der Waals surface area contributed by atoms with Gasteiger partial charge in [-0.3, -0.25) is 4.79 Å². The van der Waals surface area contributed by atoms with Gasteiger partial charge >= 0.3 is 5.97 Å². The molecule has 0 saturated heterocycles. The van der Waals surface area contributed by atoms with Gasteiger partial charge in [-0.1, -0.05) is 0 Å². The Balaban J connectivity index is 2.89. The van der Waals surface area contributed by atoms with Gasteiger partial charge in [0.2, 0.25) is 0 Å². The van der Waals surface area contributed by atoms with Crippen molar-refractivity contribution in [3.63, 3.8) is 0 Å². The van der Waals surface area contributed by atoms with E-state index in [4.69, 9.17) is 11.5 Å². The van der Waals surface area contributed by atoms with Crippen molar-refractivity contribution in [2.45, 2.75) is 12.5 Å². The number of ether oxygens (including phenoxy) is 1. The molecule has 1 atom stereocenters.